The van der Waals surface area contributed by atoms with Gasteiger partial charge < -0.3 is 4.57 Å². The molecule has 2 aromatic heterocycles. The maximum absolute atomic E-state index is 5.60. The Morgan fingerprint density at radius 2 is 2.08 bits per heavy atom. The molecule has 0 unspecified atom stereocenters. The summed E-state index contributed by atoms with van der Waals surface area (Å²) in [5.41, 5.74) is 1.07. The Balaban J connectivity index is 1.45. The van der Waals surface area contributed by atoms with Crippen LogP contribution in [0.5, 0.6) is 0 Å². The van der Waals surface area contributed by atoms with E-state index in [-0.39, 0.29) is 0 Å². The zero-order chi connectivity index (χ0) is 18.1. The predicted molar refractivity (Wildman–Crippen MR) is 111 cm³/mol. The van der Waals surface area contributed by atoms with Crippen molar-refractivity contribution in [2.45, 2.75) is 48.5 Å². The van der Waals surface area contributed by atoms with Gasteiger partial charge in [0, 0.05) is 13.1 Å². The van der Waals surface area contributed by atoms with Crippen LogP contribution >= 0.6 is 35.3 Å². The summed E-state index contributed by atoms with van der Waals surface area (Å²) in [5, 5.41) is 4.78. The van der Waals surface area contributed by atoms with Gasteiger partial charge in [0.25, 0.3) is 0 Å². The fourth-order valence-corrected chi connectivity index (χ4v) is 5.71. The highest BCUT2D eigenvalue weighted by Crippen LogP contribution is 2.31. The lowest BCUT2D eigenvalue weighted by molar-refractivity contribution is 0.183. The molecule has 1 saturated carbocycles. The van der Waals surface area contributed by atoms with Gasteiger partial charge in [-0.15, -0.1) is 11.3 Å². The topological polar surface area (TPSA) is 38.9 Å². The van der Waals surface area contributed by atoms with Crippen LogP contribution in [0.15, 0.2) is 28.6 Å². The highest BCUT2D eigenvalue weighted by atomic mass is 32.2. The summed E-state index contributed by atoms with van der Waals surface area (Å²) in [5.74, 6) is 1.78. The van der Waals surface area contributed by atoms with Crippen molar-refractivity contribution >= 4 is 45.5 Å². The van der Waals surface area contributed by atoms with Crippen molar-refractivity contribution in [3.63, 3.8) is 0 Å². The van der Waals surface area contributed by atoms with E-state index in [1.54, 1.807) is 23.1 Å². The highest BCUT2D eigenvalue weighted by Gasteiger charge is 2.20. The zero-order valence-electron chi connectivity index (χ0n) is 15.1. The molecule has 2 heterocycles. The second kappa shape index (κ2) is 7.80. The van der Waals surface area contributed by atoms with E-state index in [1.165, 1.54) is 30.4 Å². The number of rotatable bonds is 6. The normalized spacial score (nSPS) is 15.5. The first kappa shape index (κ1) is 18.2. The summed E-state index contributed by atoms with van der Waals surface area (Å²) in [6.45, 7) is 0.767. The summed E-state index contributed by atoms with van der Waals surface area (Å²) in [4.78, 5) is 7.08. The molecule has 0 aliphatic heterocycles. The molecule has 0 bridgehead atoms. The molecule has 26 heavy (non-hydrogen) atoms. The lowest BCUT2D eigenvalue weighted by atomic mass is 10.2. The van der Waals surface area contributed by atoms with E-state index in [1.807, 2.05) is 22.4 Å². The van der Waals surface area contributed by atoms with Gasteiger partial charge in [-0.25, -0.2) is 9.67 Å². The fraction of sp³-hybridized carbons (Fsp3) is 0.500. The van der Waals surface area contributed by atoms with E-state index in [0.717, 1.165) is 32.9 Å². The molecule has 0 saturated heterocycles. The van der Waals surface area contributed by atoms with E-state index in [2.05, 4.69) is 30.1 Å². The number of para-hydroxylation sites is 1. The number of thiazole rings is 1. The van der Waals surface area contributed by atoms with Crippen molar-refractivity contribution in [1.29, 1.82) is 0 Å². The van der Waals surface area contributed by atoms with Crippen molar-refractivity contribution in [2.24, 2.45) is 7.05 Å². The smallest absolute Gasteiger partial charge is 0.198 e. The molecular weight excluding hydrogens is 382 g/mol. The third-order valence-electron chi connectivity index (χ3n) is 5.04. The molecule has 1 aliphatic carbocycles. The van der Waals surface area contributed by atoms with Crippen molar-refractivity contribution in [1.82, 2.24) is 24.2 Å². The van der Waals surface area contributed by atoms with E-state index in [0.29, 0.717) is 6.04 Å². The van der Waals surface area contributed by atoms with Crippen molar-refractivity contribution in [2.75, 3.05) is 7.05 Å². The van der Waals surface area contributed by atoms with Gasteiger partial charge in [-0.2, -0.15) is 5.10 Å². The summed E-state index contributed by atoms with van der Waals surface area (Å²) in [6, 6.07) is 8.93. The summed E-state index contributed by atoms with van der Waals surface area (Å²) >= 11 is 9.07. The van der Waals surface area contributed by atoms with Gasteiger partial charge in [0.15, 0.2) is 9.11 Å². The Labute approximate surface area is 167 Å². The van der Waals surface area contributed by atoms with Crippen LogP contribution in [0.3, 0.4) is 0 Å². The molecule has 1 aliphatic rings. The van der Waals surface area contributed by atoms with Crippen LogP contribution in [0, 0.1) is 4.77 Å². The van der Waals surface area contributed by atoms with Crippen LogP contribution in [-0.2, 0) is 19.5 Å². The molecule has 0 spiro atoms. The quantitative estimate of drug-likeness (QED) is 0.440. The Kier molecular flexibility index (Phi) is 5.45. The molecule has 5 nitrogen and oxygen atoms in total. The van der Waals surface area contributed by atoms with Crippen LogP contribution in [0.4, 0.5) is 0 Å². The standard InChI is InChI=1S/C18H23N5S3/c1-21(13-7-3-4-8-13)12-23-18(24)22(2)16(20-23)11-25-17-19-14-9-5-6-10-15(14)26-17/h5-6,9-10,13H,3-4,7-8,11-12H2,1-2H3. The van der Waals surface area contributed by atoms with E-state index >= 15 is 0 Å². The van der Waals surface area contributed by atoms with Crippen LogP contribution in [0.1, 0.15) is 31.5 Å². The van der Waals surface area contributed by atoms with Crippen LogP contribution in [0.25, 0.3) is 10.2 Å². The average molecular weight is 406 g/mol. The molecule has 4 rings (SSSR count). The van der Waals surface area contributed by atoms with Gasteiger partial charge in [-0.1, -0.05) is 36.7 Å². The van der Waals surface area contributed by atoms with Crippen LogP contribution in [0.2, 0.25) is 0 Å². The molecule has 0 amide bonds. The van der Waals surface area contributed by atoms with Gasteiger partial charge in [-0.05, 0) is 44.2 Å². The molecule has 0 N–H and O–H groups in total. The van der Waals surface area contributed by atoms with Crippen molar-refractivity contribution in [3.05, 3.63) is 34.9 Å². The Bertz CT molecular complexity index is 918. The number of thioether (sulfide) groups is 1. The van der Waals surface area contributed by atoms with Gasteiger partial charge in [0.05, 0.1) is 22.6 Å². The minimum absolute atomic E-state index is 0.666. The SMILES string of the molecule is CN(Cn1nc(CSc2nc3ccccc3s2)n(C)c1=S)C1CCCC1. The Hall–Kier alpha value is -1.22. The lowest BCUT2D eigenvalue weighted by Crippen LogP contribution is -2.31. The number of nitrogens with zero attached hydrogens (tertiary/aromatic N) is 5. The highest BCUT2D eigenvalue weighted by molar-refractivity contribution is 8.00. The maximum atomic E-state index is 5.60. The van der Waals surface area contributed by atoms with Crippen LogP contribution < -0.4 is 0 Å². The second-order valence-corrected chi connectivity index (χ2v) is 9.45. The van der Waals surface area contributed by atoms with Crippen molar-refractivity contribution in [3.8, 4) is 0 Å². The lowest BCUT2D eigenvalue weighted by Gasteiger charge is -2.23. The molecule has 0 radical (unpaired) electrons. The van der Waals surface area contributed by atoms with Crippen molar-refractivity contribution < 1.29 is 0 Å². The summed E-state index contributed by atoms with van der Waals surface area (Å²) < 4.78 is 7.08. The molecule has 138 valence electrons. The molecule has 1 aromatic carbocycles. The summed E-state index contributed by atoms with van der Waals surface area (Å²) in [7, 11) is 4.19. The van der Waals surface area contributed by atoms with E-state index < -0.39 is 0 Å². The Morgan fingerprint density at radius 1 is 1.31 bits per heavy atom. The number of aromatic nitrogens is 4. The van der Waals surface area contributed by atoms with Gasteiger partial charge in [0.2, 0.25) is 0 Å². The average Bonchev–Trinajstić information content (AvgIpc) is 3.36. The third-order valence-corrected chi connectivity index (χ3v) is 7.70. The molecule has 3 aromatic rings. The number of hydrogen-bond acceptors (Lipinski definition) is 6. The summed E-state index contributed by atoms with van der Waals surface area (Å²) in [6.07, 6.45) is 5.26. The first-order valence-corrected chi connectivity index (χ1v) is 11.1. The van der Waals surface area contributed by atoms with Gasteiger partial charge in [-0.3, -0.25) is 4.90 Å². The predicted octanol–water partition coefficient (Wildman–Crippen LogP) is 4.68. The van der Waals surface area contributed by atoms with E-state index in [9.17, 15) is 0 Å². The zero-order valence-corrected chi connectivity index (χ0v) is 17.5. The minimum atomic E-state index is 0.666. The minimum Gasteiger partial charge on any atom is -0.306 e. The molecule has 0 atom stereocenters. The fourth-order valence-electron chi connectivity index (χ4n) is 3.46. The number of fused-ring (bicyclic) bond motifs is 1. The first-order valence-electron chi connectivity index (χ1n) is 8.93. The largest absolute Gasteiger partial charge is 0.306 e. The third kappa shape index (κ3) is 3.74. The van der Waals surface area contributed by atoms with Gasteiger partial charge >= 0.3 is 0 Å². The second-order valence-electron chi connectivity index (χ2n) is 6.83. The Morgan fingerprint density at radius 3 is 2.85 bits per heavy atom. The molecule has 1 fully saturated rings. The van der Waals surface area contributed by atoms with E-state index in [4.69, 9.17) is 22.3 Å². The molecular formula is C18H23N5S3. The first-order chi connectivity index (χ1) is 12.6. The monoisotopic (exact) mass is 405 g/mol. The number of benzene rings is 1. The van der Waals surface area contributed by atoms with Crippen LogP contribution in [-0.4, -0.2) is 37.3 Å². The molecule has 8 heteroatoms. The van der Waals surface area contributed by atoms with Gasteiger partial charge in [0.1, 0.15) is 5.82 Å². The number of hydrogen-bond donors (Lipinski definition) is 0. The maximum Gasteiger partial charge on any atom is 0.198 e.